The smallest absolute Gasteiger partial charge is 0.0655 e. The van der Waals surface area contributed by atoms with Gasteiger partial charge < -0.3 is 0 Å². The zero-order valence-corrected chi connectivity index (χ0v) is 10.7. The minimum Gasteiger partial charge on any atom is -0.198 e. The maximum atomic E-state index is 9.09. The van der Waals surface area contributed by atoms with Crippen molar-refractivity contribution in [1.82, 2.24) is 0 Å². The van der Waals surface area contributed by atoms with Crippen molar-refractivity contribution in [2.24, 2.45) is 29.6 Å². The van der Waals surface area contributed by atoms with E-state index in [1.165, 1.54) is 12.8 Å². The lowest BCUT2D eigenvalue weighted by molar-refractivity contribution is 0.178. The fourth-order valence-corrected chi connectivity index (χ4v) is 3.15. The molecule has 1 rings (SSSR count). The van der Waals surface area contributed by atoms with Gasteiger partial charge in [0.05, 0.1) is 6.07 Å². The largest absolute Gasteiger partial charge is 0.198 e. The summed E-state index contributed by atoms with van der Waals surface area (Å²) < 4.78 is 0. The maximum absolute atomic E-state index is 9.09. The summed E-state index contributed by atoms with van der Waals surface area (Å²) in [7, 11) is 0. The van der Waals surface area contributed by atoms with Crippen molar-refractivity contribution in [2.45, 2.75) is 53.4 Å². The van der Waals surface area contributed by atoms with Crippen molar-refractivity contribution >= 4 is 0 Å². The lowest BCUT2D eigenvalue weighted by Crippen LogP contribution is -2.24. The first-order chi connectivity index (χ1) is 7.06. The van der Waals surface area contributed by atoms with Crippen molar-refractivity contribution in [3.8, 4) is 6.07 Å². The topological polar surface area (TPSA) is 23.8 Å². The predicted molar refractivity (Wildman–Crippen MR) is 64.2 cm³/mol. The van der Waals surface area contributed by atoms with Crippen molar-refractivity contribution in [3.05, 3.63) is 0 Å². The minimum atomic E-state index is 0.321. The lowest BCUT2D eigenvalue weighted by atomic mass is 9.73. The van der Waals surface area contributed by atoms with Crippen LogP contribution in [0.2, 0.25) is 0 Å². The molecule has 3 atom stereocenters. The molecule has 0 spiro atoms. The lowest BCUT2D eigenvalue weighted by Gasteiger charge is -2.32. The molecule has 0 radical (unpaired) electrons. The zero-order valence-electron chi connectivity index (χ0n) is 10.7. The molecule has 86 valence electrons. The molecule has 0 bridgehead atoms. The molecule has 0 aromatic carbocycles. The van der Waals surface area contributed by atoms with Gasteiger partial charge in [-0.3, -0.25) is 0 Å². The Morgan fingerprint density at radius 3 is 2.07 bits per heavy atom. The van der Waals surface area contributed by atoms with Crippen LogP contribution in [0.1, 0.15) is 53.4 Å². The summed E-state index contributed by atoms with van der Waals surface area (Å²) >= 11 is 0. The number of nitrogens with zero attached hydrogens (tertiary/aromatic N) is 1. The molecule has 3 unspecified atom stereocenters. The number of hydrogen-bond acceptors (Lipinski definition) is 1. The summed E-state index contributed by atoms with van der Waals surface area (Å²) in [6.45, 7) is 9.32. The van der Waals surface area contributed by atoms with Gasteiger partial charge in [-0.05, 0) is 42.9 Å². The van der Waals surface area contributed by atoms with Crippen molar-refractivity contribution in [2.75, 3.05) is 0 Å². The molecular weight excluding hydrogens is 182 g/mol. The van der Waals surface area contributed by atoms with Crippen molar-refractivity contribution in [3.63, 3.8) is 0 Å². The molecular formula is C14H25N. The Morgan fingerprint density at radius 2 is 1.60 bits per heavy atom. The van der Waals surface area contributed by atoms with E-state index in [0.29, 0.717) is 5.92 Å². The predicted octanol–water partition coefficient (Wildman–Crippen LogP) is 4.24. The van der Waals surface area contributed by atoms with Crippen LogP contribution in [0.15, 0.2) is 0 Å². The average molecular weight is 207 g/mol. The van der Waals surface area contributed by atoms with Crippen molar-refractivity contribution < 1.29 is 0 Å². The first-order valence-corrected chi connectivity index (χ1v) is 6.45. The normalized spacial score (nSPS) is 32.7. The fourth-order valence-electron chi connectivity index (χ4n) is 3.15. The van der Waals surface area contributed by atoms with Gasteiger partial charge >= 0.3 is 0 Å². The second-order valence-corrected chi connectivity index (χ2v) is 5.81. The Labute approximate surface area is 94.9 Å². The van der Waals surface area contributed by atoms with Crippen LogP contribution in [0.3, 0.4) is 0 Å². The van der Waals surface area contributed by atoms with Gasteiger partial charge in [0.15, 0.2) is 0 Å². The summed E-state index contributed by atoms with van der Waals surface area (Å²) in [6, 6.07) is 2.49. The van der Waals surface area contributed by atoms with Crippen LogP contribution in [-0.2, 0) is 0 Å². The summed E-state index contributed by atoms with van der Waals surface area (Å²) in [5.41, 5.74) is 0. The molecule has 1 nitrogen and oxygen atoms in total. The third-order valence-corrected chi connectivity index (χ3v) is 4.09. The molecule has 0 saturated heterocycles. The molecule has 1 saturated carbocycles. The van der Waals surface area contributed by atoms with Gasteiger partial charge in [-0.25, -0.2) is 0 Å². The van der Waals surface area contributed by atoms with Gasteiger partial charge in [-0.15, -0.1) is 0 Å². The van der Waals surface area contributed by atoms with E-state index in [9.17, 15) is 0 Å². The minimum absolute atomic E-state index is 0.321. The zero-order chi connectivity index (χ0) is 11.4. The third kappa shape index (κ3) is 3.23. The van der Waals surface area contributed by atoms with E-state index < -0.39 is 0 Å². The Morgan fingerprint density at radius 1 is 1.00 bits per heavy atom. The average Bonchev–Trinajstić information content (AvgIpc) is 2.38. The molecule has 0 amide bonds. The highest BCUT2D eigenvalue weighted by atomic mass is 14.4. The molecule has 0 N–H and O–H groups in total. The Bertz CT molecular complexity index is 224. The molecule has 1 fully saturated rings. The summed E-state index contributed by atoms with van der Waals surface area (Å²) in [5.74, 6) is 3.42. The van der Waals surface area contributed by atoms with E-state index in [0.717, 1.165) is 36.5 Å². The monoisotopic (exact) mass is 207 g/mol. The van der Waals surface area contributed by atoms with E-state index in [-0.39, 0.29) is 0 Å². The van der Waals surface area contributed by atoms with Crippen LogP contribution in [0.5, 0.6) is 0 Å². The van der Waals surface area contributed by atoms with Crippen LogP contribution in [0.25, 0.3) is 0 Å². The quantitative estimate of drug-likeness (QED) is 0.621. The van der Waals surface area contributed by atoms with Gasteiger partial charge in [-0.1, -0.05) is 34.1 Å². The highest BCUT2D eigenvalue weighted by Gasteiger charge is 2.31. The number of nitriles is 1. The van der Waals surface area contributed by atoms with E-state index in [4.69, 9.17) is 5.26 Å². The number of hydrogen-bond donors (Lipinski definition) is 0. The van der Waals surface area contributed by atoms with E-state index in [2.05, 4.69) is 33.8 Å². The second-order valence-electron chi connectivity index (χ2n) is 5.81. The number of rotatable bonds is 2. The molecule has 15 heavy (non-hydrogen) atoms. The standard InChI is InChI=1S/C14H25N/c1-10(2)13-7-5-6-12(9-15)8-14(13)11(3)4/h10-14H,5-8H2,1-4H3. The summed E-state index contributed by atoms with van der Waals surface area (Å²) in [5, 5.41) is 9.09. The van der Waals surface area contributed by atoms with Gasteiger partial charge in [0.25, 0.3) is 0 Å². The van der Waals surface area contributed by atoms with Gasteiger partial charge in [0.2, 0.25) is 0 Å². The molecule has 0 aromatic heterocycles. The molecule has 1 aliphatic carbocycles. The van der Waals surface area contributed by atoms with Gasteiger partial charge in [0.1, 0.15) is 0 Å². The van der Waals surface area contributed by atoms with Gasteiger partial charge in [0, 0.05) is 5.92 Å². The van der Waals surface area contributed by atoms with Crippen LogP contribution >= 0.6 is 0 Å². The maximum Gasteiger partial charge on any atom is 0.0655 e. The van der Waals surface area contributed by atoms with E-state index >= 15 is 0 Å². The summed E-state index contributed by atoms with van der Waals surface area (Å²) in [4.78, 5) is 0. The molecule has 1 aliphatic rings. The third-order valence-electron chi connectivity index (χ3n) is 4.09. The van der Waals surface area contributed by atoms with E-state index in [1.807, 2.05) is 0 Å². The highest BCUT2D eigenvalue weighted by Crippen LogP contribution is 2.39. The molecule has 0 aliphatic heterocycles. The first-order valence-electron chi connectivity index (χ1n) is 6.45. The Kier molecular flexibility index (Phi) is 4.64. The second kappa shape index (κ2) is 5.54. The fraction of sp³-hybridized carbons (Fsp3) is 0.929. The molecule has 1 heteroatoms. The van der Waals surface area contributed by atoms with Crippen LogP contribution < -0.4 is 0 Å². The van der Waals surface area contributed by atoms with Crippen LogP contribution in [0.4, 0.5) is 0 Å². The highest BCUT2D eigenvalue weighted by molar-refractivity contribution is 4.90. The Hall–Kier alpha value is -0.510. The SMILES string of the molecule is CC(C)C1CCCC(C#N)CC1C(C)C. The summed E-state index contributed by atoms with van der Waals surface area (Å²) in [6.07, 6.45) is 4.85. The Balaban J connectivity index is 2.75. The first kappa shape index (κ1) is 12.6. The van der Waals surface area contributed by atoms with Crippen LogP contribution in [-0.4, -0.2) is 0 Å². The van der Waals surface area contributed by atoms with E-state index in [1.54, 1.807) is 0 Å². The van der Waals surface area contributed by atoms with Gasteiger partial charge in [-0.2, -0.15) is 5.26 Å². The van der Waals surface area contributed by atoms with Crippen LogP contribution in [0, 0.1) is 40.9 Å². The van der Waals surface area contributed by atoms with Crippen molar-refractivity contribution in [1.29, 1.82) is 5.26 Å². The molecule has 0 heterocycles. The molecule has 0 aromatic rings.